The van der Waals surface area contributed by atoms with Crippen LogP contribution in [0.2, 0.25) is 0 Å². The predicted octanol–water partition coefficient (Wildman–Crippen LogP) is 5.65. The molecular weight excluding hydrogens is 350 g/mol. The Bertz CT molecular complexity index is 849. The number of ether oxygens (including phenoxy) is 1. The van der Waals surface area contributed by atoms with Crippen LogP contribution >= 0.6 is 0 Å². The lowest BCUT2D eigenvalue weighted by Gasteiger charge is -2.27. The molecule has 0 N–H and O–H groups in total. The van der Waals surface area contributed by atoms with Crippen LogP contribution in [0.3, 0.4) is 0 Å². The highest BCUT2D eigenvalue weighted by Gasteiger charge is 2.27. The molecule has 2 aliphatic rings. The van der Waals surface area contributed by atoms with E-state index in [-0.39, 0.29) is 0 Å². The number of carbonyl (C=O) groups excluding carboxylic acids is 1. The monoisotopic (exact) mass is 379 g/mol. The van der Waals surface area contributed by atoms with Gasteiger partial charge in [-0.15, -0.1) is 0 Å². The summed E-state index contributed by atoms with van der Waals surface area (Å²) in [6.45, 7) is 7.95. The number of aromatic nitrogens is 2. The summed E-state index contributed by atoms with van der Waals surface area (Å²) in [6, 6.07) is 0. The molecule has 0 aliphatic heterocycles. The maximum Gasteiger partial charge on any atom is 0.343 e. The van der Waals surface area contributed by atoms with Crippen LogP contribution in [0.25, 0.3) is 5.70 Å². The molecule has 0 radical (unpaired) electrons. The van der Waals surface area contributed by atoms with Gasteiger partial charge in [0.2, 0.25) is 0 Å². The maximum absolute atomic E-state index is 12.3. The fraction of sp³-hybridized carbons (Fsp3) is 0.435. The predicted molar refractivity (Wildman–Crippen MR) is 114 cm³/mol. The van der Waals surface area contributed by atoms with E-state index in [0.29, 0.717) is 23.9 Å². The lowest BCUT2D eigenvalue weighted by Crippen LogP contribution is -2.16. The van der Waals surface area contributed by atoms with Crippen molar-refractivity contribution in [2.45, 2.75) is 52.4 Å². The average molecular weight is 380 g/mol. The maximum atomic E-state index is 12.3. The fourth-order valence-electron chi connectivity index (χ4n) is 4.04. The first-order valence-electron chi connectivity index (χ1n) is 10.1. The standard InChI is InChI=1S/C23H29N3O2/c1-4-28-23(27)20-16-25-26(22(20)24-3)21(19-14-10-7-11-15-19)17(2)18-12-8-5-6-9-13-18/h5-6,8,12-13,16,19H,3-4,7,9-11,14-15H2,1-2H3/b21-17+. The van der Waals surface area contributed by atoms with Gasteiger partial charge in [-0.2, -0.15) is 5.10 Å². The lowest BCUT2D eigenvalue weighted by atomic mass is 9.84. The molecule has 0 saturated heterocycles. The minimum absolute atomic E-state index is 0.315. The number of esters is 1. The van der Waals surface area contributed by atoms with Gasteiger partial charge >= 0.3 is 5.97 Å². The first kappa shape index (κ1) is 20.1. The van der Waals surface area contributed by atoms with Crippen LogP contribution in [0.5, 0.6) is 0 Å². The summed E-state index contributed by atoms with van der Waals surface area (Å²) >= 11 is 0. The van der Waals surface area contributed by atoms with Crippen LogP contribution in [0, 0.1) is 5.92 Å². The molecule has 1 aromatic rings. The van der Waals surface area contributed by atoms with E-state index in [2.05, 4.69) is 54.1 Å². The number of hydrogen-bond donors (Lipinski definition) is 0. The Morgan fingerprint density at radius 3 is 2.82 bits per heavy atom. The van der Waals surface area contributed by atoms with Crippen molar-refractivity contribution in [1.82, 2.24) is 9.78 Å². The number of nitrogens with zero attached hydrogens (tertiary/aromatic N) is 3. The van der Waals surface area contributed by atoms with E-state index in [9.17, 15) is 4.79 Å². The van der Waals surface area contributed by atoms with Crippen molar-refractivity contribution in [3.05, 3.63) is 53.3 Å². The molecule has 0 atom stereocenters. The quantitative estimate of drug-likeness (QED) is 0.474. The summed E-state index contributed by atoms with van der Waals surface area (Å²) in [6.07, 6.45) is 19.0. The van der Waals surface area contributed by atoms with E-state index in [4.69, 9.17) is 4.74 Å². The number of allylic oxidation sites excluding steroid dienone is 8. The summed E-state index contributed by atoms with van der Waals surface area (Å²) in [7, 11) is 0. The Labute approximate surface area is 167 Å². The first-order valence-corrected chi connectivity index (χ1v) is 10.1. The fourth-order valence-corrected chi connectivity index (χ4v) is 4.04. The molecule has 5 heteroatoms. The van der Waals surface area contributed by atoms with Crippen LogP contribution in [0.4, 0.5) is 5.82 Å². The van der Waals surface area contributed by atoms with Crippen molar-refractivity contribution in [1.29, 1.82) is 0 Å². The van der Waals surface area contributed by atoms with E-state index in [0.717, 1.165) is 25.0 Å². The van der Waals surface area contributed by atoms with E-state index in [1.807, 2.05) is 4.68 Å². The summed E-state index contributed by atoms with van der Waals surface area (Å²) in [5.74, 6) is 0.444. The van der Waals surface area contributed by atoms with Gasteiger partial charge < -0.3 is 4.74 Å². The second-order valence-corrected chi connectivity index (χ2v) is 7.20. The topological polar surface area (TPSA) is 56.5 Å². The van der Waals surface area contributed by atoms with Crippen molar-refractivity contribution in [2.24, 2.45) is 10.9 Å². The van der Waals surface area contributed by atoms with Gasteiger partial charge in [-0.1, -0.05) is 49.6 Å². The van der Waals surface area contributed by atoms with E-state index < -0.39 is 5.97 Å². The van der Waals surface area contributed by atoms with E-state index >= 15 is 0 Å². The highest BCUT2D eigenvalue weighted by atomic mass is 16.5. The van der Waals surface area contributed by atoms with Gasteiger partial charge in [0.25, 0.3) is 0 Å². The molecule has 2 aliphatic carbocycles. The van der Waals surface area contributed by atoms with Crippen LogP contribution < -0.4 is 0 Å². The molecule has 0 aromatic carbocycles. The molecule has 1 aromatic heterocycles. The minimum Gasteiger partial charge on any atom is -0.462 e. The van der Waals surface area contributed by atoms with Crippen molar-refractivity contribution in [2.75, 3.05) is 6.61 Å². The zero-order valence-corrected chi connectivity index (χ0v) is 16.9. The number of carbonyl (C=O) groups is 1. The largest absolute Gasteiger partial charge is 0.462 e. The molecule has 148 valence electrons. The van der Waals surface area contributed by atoms with Gasteiger partial charge in [-0.3, -0.25) is 0 Å². The van der Waals surface area contributed by atoms with Crippen molar-refractivity contribution < 1.29 is 9.53 Å². The molecule has 1 fully saturated rings. The smallest absolute Gasteiger partial charge is 0.343 e. The Hall–Kier alpha value is -2.69. The number of aliphatic imine (C=N–C) groups is 1. The summed E-state index contributed by atoms with van der Waals surface area (Å²) in [5, 5.41) is 4.56. The molecular formula is C23H29N3O2. The van der Waals surface area contributed by atoms with Crippen molar-refractivity contribution in [3.8, 4) is 0 Å². The molecule has 0 bridgehead atoms. The Kier molecular flexibility index (Phi) is 6.80. The summed E-state index contributed by atoms with van der Waals surface area (Å²) < 4.78 is 6.99. The molecule has 1 saturated carbocycles. The Morgan fingerprint density at radius 1 is 1.32 bits per heavy atom. The second-order valence-electron chi connectivity index (χ2n) is 7.20. The first-order chi connectivity index (χ1) is 13.7. The summed E-state index contributed by atoms with van der Waals surface area (Å²) in [5.41, 5.74) is 3.85. The highest BCUT2D eigenvalue weighted by molar-refractivity contribution is 5.94. The van der Waals surface area contributed by atoms with Gasteiger partial charge in [-0.05, 0) is 51.0 Å². The van der Waals surface area contributed by atoms with Crippen LogP contribution in [0.15, 0.2) is 52.7 Å². The lowest BCUT2D eigenvalue weighted by molar-refractivity contribution is 0.0527. The third-order valence-corrected chi connectivity index (χ3v) is 5.42. The van der Waals surface area contributed by atoms with Gasteiger partial charge in [-0.25, -0.2) is 14.5 Å². The third kappa shape index (κ3) is 4.24. The van der Waals surface area contributed by atoms with Crippen LogP contribution in [0.1, 0.15) is 62.7 Å². The van der Waals surface area contributed by atoms with Gasteiger partial charge in [0.05, 0.1) is 18.5 Å². The molecule has 0 amide bonds. The molecule has 0 unspecified atom stereocenters. The zero-order valence-electron chi connectivity index (χ0n) is 16.9. The Balaban J connectivity index is 2.12. The second kappa shape index (κ2) is 9.49. The number of hydrogen-bond acceptors (Lipinski definition) is 4. The van der Waals surface area contributed by atoms with Crippen molar-refractivity contribution >= 4 is 24.2 Å². The molecule has 28 heavy (non-hydrogen) atoms. The van der Waals surface area contributed by atoms with Gasteiger partial charge in [0.15, 0.2) is 5.82 Å². The highest BCUT2D eigenvalue weighted by Crippen LogP contribution is 2.39. The molecule has 0 spiro atoms. The molecule has 1 heterocycles. The van der Waals surface area contributed by atoms with E-state index in [1.165, 1.54) is 30.4 Å². The zero-order chi connectivity index (χ0) is 19.9. The van der Waals surface area contributed by atoms with Crippen LogP contribution in [-0.2, 0) is 4.74 Å². The van der Waals surface area contributed by atoms with E-state index in [1.54, 1.807) is 13.1 Å². The van der Waals surface area contributed by atoms with Gasteiger partial charge in [0, 0.05) is 5.92 Å². The SMILES string of the molecule is C=Nc1c(C(=O)OCC)cnn1/C(=C(\C)C1=CCC=CC=C1)C1CCCCC1. The minimum atomic E-state index is -0.408. The normalized spacial score (nSPS) is 18.3. The molecule has 5 nitrogen and oxygen atoms in total. The van der Waals surface area contributed by atoms with Gasteiger partial charge in [0.1, 0.15) is 5.56 Å². The Morgan fingerprint density at radius 2 is 2.11 bits per heavy atom. The molecule has 3 rings (SSSR count). The summed E-state index contributed by atoms with van der Waals surface area (Å²) in [4.78, 5) is 16.5. The number of rotatable bonds is 6. The van der Waals surface area contributed by atoms with Crippen LogP contribution in [-0.4, -0.2) is 29.1 Å². The average Bonchev–Trinajstić information content (AvgIpc) is 2.94. The van der Waals surface area contributed by atoms with Crippen molar-refractivity contribution in [3.63, 3.8) is 0 Å². The third-order valence-electron chi connectivity index (χ3n) is 5.42.